The number of unbranched alkanes of at least 4 members (excludes halogenated alkanes) is 13. The Morgan fingerprint density at radius 3 is 1.08 bits per heavy atom. The van der Waals surface area contributed by atoms with Gasteiger partial charge in [-0.1, -0.05) is 122 Å². The molecule has 0 aromatic rings. The minimum atomic E-state index is 0.200. The summed E-state index contributed by atoms with van der Waals surface area (Å²) in [6.45, 7) is 12.8. The first-order valence-corrected chi connectivity index (χ1v) is 11.0. The van der Waals surface area contributed by atoms with Crippen molar-refractivity contribution in [3.63, 3.8) is 0 Å². The second kappa shape index (κ2) is 17.3. The topological polar surface area (TPSA) is 0 Å². The van der Waals surface area contributed by atoms with E-state index in [0.29, 0.717) is 0 Å². The van der Waals surface area contributed by atoms with Crippen molar-refractivity contribution in [1.29, 1.82) is 0 Å². The molecule has 0 bridgehead atoms. The van der Waals surface area contributed by atoms with Gasteiger partial charge in [-0.2, -0.15) is 0 Å². The summed E-state index contributed by atoms with van der Waals surface area (Å²) in [5.74, 6) is 0. The van der Waals surface area contributed by atoms with E-state index >= 15 is 0 Å². The van der Waals surface area contributed by atoms with Crippen LogP contribution in [0.2, 0.25) is 0 Å². The van der Waals surface area contributed by atoms with Crippen LogP contribution in [-0.2, 0) is 0 Å². The van der Waals surface area contributed by atoms with E-state index in [9.17, 15) is 0 Å². The maximum atomic E-state index is 4.12. The average Bonchev–Trinajstić information content (AvgIpc) is 2.61. The Balaban J connectivity index is 3.76. The Morgan fingerprint density at radius 1 is 0.500 bits per heavy atom. The van der Waals surface area contributed by atoms with E-state index in [0.717, 1.165) is 0 Å². The predicted octanol–water partition coefficient (Wildman–Crippen LogP) is 9.02. The van der Waals surface area contributed by atoms with Crippen LogP contribution in [0.5, 0.6) is 0 Å². The van der Waals surface area contributed by atoms with Gasteiger partial charge in [0.15, 0.2) is 0 Å². The molecule has 142 valence electrons. The highest BCUT2D eigenvalue weighted by atomic mass is 14.3. The molecule has 0 N–H and O–H groups in total. The van der Waals surface area contributed by atoms with Gasteiger partial charge in [0.2, 0.25) is 0 Å². The van der Waals surface area contributed by atoms with E-state index in [1.165, 1.54) is 109 Å². The van der Waals surface area contributed by atoms with Crippen molar-refractivity contribution >= 4 is 0 Å². The monoisotopic (exact) mass is 334 g/mol. The minimum absolute atomic E-state index is 0.200. The summed E-state index contributed by atoms with van der Waals surface area (Å²) in [5.41, 5.74) is 0.200. The third-order valence-electron chi connectivity index (χ3n) is 5.55. The molecule has 0 amide bonds. The first-order chi connectivity index (χ1) is 11.7. The lowest BCUT2D eigenvalue weighted by molar-refractivity contribution is 0.372. The molecule has 0 heteroatoms. The summed E-state index contributed by atoms with van der Waals surface area (Å²) in [5, 5.41) is 0. The Morgan fingerprint density at radius 2 is 0.792 bits per heavy atom. The fourth-order valence-electron chi connectivity index (χ4n) is 3.62. The summed E-state index contributed by atoms with van der Waals surface area (Å²) in [4.78, 5) is 0. The van der Waals surface area contributed by atoms with Crippen LogP contribution in [0, 0.1) is 5.41 Å². The fourth-order valence-corrected chi connectivity index (χ4v) is 3.62. The third kappa shape index (κ3) is 12.8. The number of hydrogen-bond acceptors (Lipinski definition) is 0. The molecular formula is C24H46. The van der Waals surface area contributed by atoms with Crippen LogP contribution >= 0.6 is 0 Å². The lowest BCUT2D eigenvalue weighted by atomic mass is 9.78. The van der Waals surface area contributed by atoms with Crippen molar-refractivity contribution < 1.29 is 0 Å². The molecule has 0 nitrogen and oxygen atoms in total. The molecule has 0 atom stereocenters. The molecule has 0 aromatic carbocycles. The van der Waals surface area contributed by atoms with Gasteiger partial charge in [-0.3, -0.25) is 0 Å². The van der Waals surface area contributed by atoms with Gasteiger partial charge in [-0.15, -0.1) is 13.2 Å². The van der Waals surface area contributed by atoms with Crippen LogP contribution in [0.1, 0.15) is 123 Å². The van der Waals surface area contributed by atoms with E-state index in [-0.39, 0.29) is 5.41 Å². The van der Waals surface area contributed by atoms with Crippen LogP contribution in [0.4, 0.5) is 0 Å². The van der Waals surface area contributed by atoms with Crippen molar-refractivity contribution in [1.82, 2.24) is 0 Å². The molecule has 0 radical (unpaired) electrons. The van der Waals surface area contributed by atoms with Crippen LogP contribution in [-0.4, -0.2) is 0 Å². The maximum absolute atomic E-state index is 4.12. The van der Waals surface area contributed by atoms with Gasteiger partial charge in [0.05, 0.1) is 0 Å². The van der Waals surface area contributed by atoms with Crippen LogP contribution in [0.15, 0.2) is 25.3 Å². The lowest BCUT2D eigenvalue weighted by Crippen LogP contribution is -2.14. The molecule has 0 aliphatic heterocycles. The first-order valence-electron chi connectivity index (χ1n) is 11.0. The molecule has 0 spiro atoms. The van der Waals surface area contributed by atoms with E-state index in [4.69, 9.17) is 0 Å². The van der Waals surface area contributed by atoms with Crippen LogP contribution in [0.25, 0.3) is 0 Å². The van der Waals surface area contributed by atoms with Crippen molar-refractivity contribution in [2.75, 3.05) is 0 Å². The number of rotatable bonds is 19. The van der Waals surface area contributed by atoms with Gasteiger partial charge in [0, 0.05) is 5.41 Å². The highest BCUT2D eigenvalue weighted by molar-refractivity contribution is 5.06. The van der Waals surface area contributed by atoms with Gasteiger partial charge in [0.25, 0.3) is 0 Å². The number of hydrogen-bond donors (Lipinski definition) is 0. The third-order valence-corrected chi connectivity index (χ3v) is 5.55. The second-order valence-corrected chi connectivity index (χ2v) is 7.74. The molecule has 0 saturated carbocycles. The first kappa shape index (κ1) is 23.5. The minimum Gasteiger partial charge on any atom is -0.102 e. The van der Waals surface area contributed by atoms with Gasteiger partial charge in [0.1, 0.15) is 0 Å². The van der Waals surface area contributed by atoms with Gasteiger partial charge < -0.3 is 0 Å². The number of allylic oxidation sites excluding steroid dienone is 2. The SMILES string of the molecule is C=CC(C=C)(CCCCCCCCC)CCCCCCCCCC. The Labute approximate surface area is 154 Å². The van der Waals surface area contributed by atoms with Crippen LogP contribution < -0.4 is 0 Å². The molecule has 0 heterocycles. The molecule has 0 aromatic heterocycles. The van der Waals surface area contributed by atoms with Crippen molar-refractivity contribution in [2.24, 2.45) is 5.41 Å². The molecule has 0 aliphatic rings. The molecule has 0 fully saturated rings. The van der Waals surface area contributed by atoms with Gasteiger partial charge >= 0.3 is 0 Å². The average molecular weight is 335 g/mol. The highest BCUT2D eigenvalue weighted by Gasteiger charge is 2.21. The quantitative estimate of drug-likeness (QED) is 0.163. The second-order valence-electron chi connectivity index (χ2n) is 7.74. The zero-order valence-corrected chi connectivity index (χ0v) is 17.1. The smallest absolute Gasteiger partial charge is 0.00556 e. The molecule has 24 heavy (non-hydrogen) atoms. The lowest BCUT2D eigenvalue weighted by Gasteiger charge is -2.27. The molecular weight excluding hydrogens is 288 g/mol. The summed E-state index contributed by atoms with van der Waals surface area (Å²) >= 11 is 0. The van der Waals surface area contributed by atoms with Crippen molar-refractivity contribution in [3.05, 3.63) is 25.3 Å². The van der Waals surface area contributed by atoms with Crippen LogP contribution in [0.3, 0.4) is 0 Å². The van der Waals surface area contributed by atoms with Crippen molar-refractivity contribution in [2.45, 2.75) is 123 Å². The Hall–Kier alpha value is -0.520. The zero-order valence-electron chi connectivity index (χ0n) is 17.1. The predicted molar refractivity (Wildman–Crippen MR) is 113 cm³/mol. The molecule has 0 aliphatic carbocycles. The van der Waals surface area contributed by atoms with E-state index in [1.54, 1.807) is 0 Å². The molecule has 0 rings (SSSR count). The fraction of sp³-hybridized carbons (Fsp3) is 0.833. The van der Waals surface area contributed by atoms with E-state index in [2.05, 4.69) is 39.2 Å². The highest BCUT2D eigenvalue weighted by Crippen LogP contribution is 2.34. The standard InChI is InChI=1S/C24H46/c1-5-9-11-13-15-17-19-21-23-24(7-3,8-4)22-20-18-16-14-12-10-6-2/h7-8H,3-6,9-23H2,1-2H3. The van der Waals surface area contributed by atoms with Gasteiger partial charge in [-0.25, -0.2) is 0 Å². The van der Waals surface area contributed by atoms with Crippen molar-refractivity contribution in [3.8, 4) is 0 Å². The largest absolute Gasteiger partial charge is 0.102 e. The Kier molecular flexibility index (Phi) is 16.9. The normalized spacial score (nSPS) is 11.6. The van der Waals surface area contributed by atoms with Gasteiger partial charge in [-0.05, 0) is 12.8 Å². The summed E-state index contributed by atoms with van der Waals surface area (Å²) < 4.78 is 0. The Bertz CT molecular complexity index is 268. The summed E-state index contributed by atoms with van der Waals surface area (Å²) in [6.07, 6.45) is 27.7. The van der Waals surface area contributed by atoms with E-state index < -0.39 is 0 Å². The summed E-state index contributed by atoms with van der Waals surface area (Å²) in [6, 6.07) is 0. The maximum Gasteiger partial charge on any atom is 0.00556 e. The summed E-state index contributed by atoms with van der Waals surface area (Å²) in [7, 11) is 0. The molecule has 0 saturated heterocycles. The zero-order chi connectivity index (χ0) is 17.9. The van der Waals surface area contributed by atoms with E-state index in [1.807, 2.05) is 0 Å². The molecule has 0 unspecified atom stereocenters.